The SMILES string of the molecule is CCNC(=O)CN(CC)C(=O)C1CCN(S(=O)(=O)c2cccc(C(F)(F)F)c2)CC1. The maximum Gasteiger partial charge on any atom is 0.416 e. The number of hydrogen-bond donors (Lipinski definition) is 1. The van der Waals surface area contributed by atoms with Crippen LogP contribution >= 0.6 is 0 Å². The zero-order valence-electron chi connectivity index (χ0n) is 16.9. The maximum absolute atomic E-state index is 12.9. The number of carbonyl (C=O) groups is 2. The Hall–Kier alpha value is -2.14. The predicted octanol–water partition coefficient (Wildman–Crippen LogP) is 2.09. The molecule has 2 rings (SSSR count). The van der Waals surface area contributed by atoms with Crippen LogP contribution in [0, 0.1) is 5.92 Å². The third-order valence-corrected chi connectivity index (χ3v) is 6.90. The molecule has 0 atom stereocenters. The number of amides is 2. The fourth-order valence-electron chi connectivity index (χ4n) is 3.36. The Morgan fingerprint density at radius 1 is 1.20 bits per heavy atom. The number of sulfonamides is 1. The molecular formula is C19H26F3N3O4S. The van der Waals surface area contributed by atoms with Crippen LogP contribution in [0.25, 0.3) is 0 Å². The van der Waals surface area contributed by atoms with Crippen molar-refractivity contribution in [1.82, 2.24) is 14.5 Å². The molecule has 0 aliphatic carbocycles. The van der Waals surface area contributed by atoms with Gasteiger partial charge in [0.15, 0.2) is 0 Å². The molecule has 0 radical (unpaired) electrons. The highest BCUT2D eigenvalue weighted by molar-refractivity contribution is 7.89. The summed E-state index contributed by atoms with van der Waals surface area (Å²) in [4.78, 5) is 25.5. The molecule has 30 heavy (non-hydrogen) atoms. The number of alkyl halides is 3. The van der Waals surface area contributed by atoms with Gasteiger partial charge < -0.3 is 10.2 Å². The van der Waals surface area contributed by atoms with Crippen LogP contribution in [-0.4, -0.2) is 62.2 Å². The number of halogens is 3. The molecule has 7 nitrogen and oxygen atoms in total. The second-order valence-corrected chi connectivity index (χ2v) is 8.95. The lowest BCUT2D eigenvalue weighted by Crippen LogP contribution is -2.47. The summed E-state index contributed by atoms with van der Waals surface area (Å²) in [5, 5.41) is 2.63. The van der Waals surface area contributed by atoms with Crippen molar-refractivity contribution in [1.29, 1.82) is 0 Å². The lowest BCUT2D eigenvalue weighted by Gasteiger charge is -2.33. The Bertz CT molecular complexity index is 866. The van der Waals surface area contributed by atoms with Crippen LogP contribution in [0.1, 0.15) is 32.3 Å². The number of likely N-dealkylation sites (N-methyl/N-ethyl adjacent to an activating group) is 2. The van der Waals surface area contributed by atoms with Crippen molar-refractivity contribution in [2.24, 2.45) is 5.92 Å². The van der Waals surface area contributed by atoms with Crippen molar-refractivity contribution >= 4 is 21.8 Å². The Labute approximate surface area is 174 Å². The molecule has 0 aromatic heterocycles. The van der Waals surface area contributed by atoms with Gasteiger partial charge in [0.2, 0.25) is 21.8 Å². The van der Waals surface area contributed by atoms with E-state index in [2.05, 4.69) is 5.32 Å². The zero-order chi connectivity index (χ0) is 22.5. The third kappa shape index (κ3) is 5.72. The van der Waals surface area contributed by atoms with Crippen LogP contribution in [0.3, 0.4) is 0 Å². The van der Waals surface area contributed by atoms with Crippen molar-refractivity contribution in [3.8, 4) is 0 Å². The molecule has 1 aromatic rings. The van der Waals surface area contributed by atoms with Crippen LogP contribution in [-0.2, 0) is 25.8 Å². The molecule has 1 saturated heterocycles. The second kappa shape index (κ2) is 9.78. The summed E-state index contributed by atoms with van der Waals surface area (Å²) in [5.41, 5.74) is -1.03. The smallest absolute Gasteiger partial charge is 0.355 e. The minimum atomic E-state index is -4.64. The quantitative estimate of drug-likeness (QED) is 0.691. The van der Waals surface area contributed by atoms with E-state index >= 15 is 0 Å². The van der Waals surface area contributed by atoms with Gasteiger partial charge in [0.25, 0.3) is 0 Å². The van der Waals surface area contributed by atoms with Gasteiger partial charge in [-0.25, -0.2) is 8.42 Å². The molecule has 2 amide bonds. The number of benzene rings is 1. The van der Waals surface area contributed by atoms with E-state index in [1.807, 2.05) is 0 Å². The van der Waals surface area contributed by atoms with E-state index < -0.39 is 32.6 Å². The monoisotopic (exact) mass is 449 g/mol. The molecule has 0 unspecified atom stereocenters. The Kier molecular flexibility index (Phi) is 7.87. The molecule has 0 spiro atoms. The van der Waals surface area contributed by atoms with Crippen molar-refractivity contribution in [2.75, 3.05) is 32.7 Å². The summed E-state index contributed by atoms with van der Waals surface area (Å²) in [7, 11) is -4.10. The topological polar surface area (TPSA) is 86.8 Å². The largest absolute Gasteiger partial charge is 0.416 e. The summed E-state index contributed by atoms with van der Waals surface area (Å²) in [6.07, 6.45) is -4.16. The summed E-state index contributed by atoms with van der Waals surface area (Å²) in [6.45, 7) is 4.31. The molecule has 1 N–H and O–H groups in total. The lowest BCUT2D eigenvalue weighted by molar-refractivity contribution is -0.140. The number of nitrogens with zero attached hydrogens (tertiary/aromatic N) is 2. The molecule has 1 aliphatic rings. The van der Waals surface area contributed by atoms with Crippen molar-refractivity contribution in [3.63, 3.8) is 0 Å². The van der Waals surface area contributed by atoms with E-state index in [-0.39, 0.29) is 44.3 Å². The van der Waals surface area contributed by atoms with Gasteiger partial charge in [0.05, 0.1) is 17.0 Å². The first kappa shape index (κ1) is 24.1. The number of nitrogens with one attached hydrogen (secondary N) is 1. The van der Waals surface area contributed by atoms with Crippen LogP contribution in [0.5, 0.6) is 0 Å². The normalized spacial score (nSPS) is 16.3. The van der Waals surface area contributed by atoms with Crippen LogP contribution in [0.2, 0.25) is 0 Å². The standard InChI is InChI=1S/C19H26F3N3O4S/c1-3-23-17(26)13-24(4-2)18(27)14-8-10-25(11-9-14)30(28,29)16-7-5-6-15(12-16)19(20,21)22/h5-7,12,14H,3-4,8-11,13H2,1-2H3,(H,23,26). The van der Waals surface area contributed by atoms with E-state index in [4.69, 9.17) is 0 Å². The van der Waals surface area contributed by atoms with Gasteiger partial charge in [-0.1, -0.05) is 6.07 Å². The average molecular weight is 449 g/mol. The summed E-state index contributed by atoms with van der Waals surface area (Å²) in [5.74, 6) is -0.926. The van der Waals surface area contributed by atoms with E-state index in [1.54, 1.807) is 13.8 Å². The van der Waals surface area contributed by atoms with Crippen molar-refractivity contribution in [2.45, 2.75) is 37.8 Å². The van der Waals surface area contributed by atoms with E-state index in [0.29, 0.717) is 19.2 Å². The fourth-order valence-corrected chi connectivity index (χ4v) is 4.87. The molecule has 1 aromatic carbocycles. The lowest BCUT2D eigenvalue weighted by atomic mass is 9.96. The number of rotatable bonds is 7. The average Bonchev–Trinajstić information content (AvgIpc) is 2.71. The van der Waals surface area contributed by atoms with Gasteiger partial charge >= 0.3 is 6.18 Å². The van der Waals surface area contributed by atoms with Crippen LogP contribution in [0.15, 0.2) is 29.2 Å². The van der Waals surface area contributed by atoms with Gasteiger partial charge in [-0.3, -0.25) is 9.59 Å². The molecular weight excluding hydrogens is 423 g/mol. The van der Waals surface area contributed by atoms with E-state index in [1.165, 1.54) is 4.90 Å². The minimum absolute atomic E-state index is 0.0215. The summed E-state index contributed by atoms with van der Waals surface area (Å²) < 4.78 is 65.3. The number of piperidine rings is 1. The minimum Gasteiger partial charge on any atom is -0.355 e. The first-order valence-corrected chi connectivity index (χ1v) is 11.2. The second-order valence-electron chi connectivity index (χ2n) is 7.01. The first-order valence-electron chi connectivity index (χ1n) is 9.73. The highest BCUT2D eigenvalue weighted by Gasteiger charge is 2.36. The summed E-state index contributed by atoms with van der Waals surface area (Å²) in [6, 6.07) is 3.63. The maximum atomic E-state index is 12.9. The highest BCUT2D eigenvalue weighted by atomic mass is 32.2. The van der Waals surface area contributed by atoms with Crippen molar-refractivity contribution < 1.29 is 31.2 Å². The summed E-state index contributed by atoms with van der Waals surface area (Å²) >= 11 is 0. The van der Waals surface area contributed by atoms with E-state index in [0.717, 1.165) is 22.5 Å². The molecule has 0 saturated carbocycles. The van der Waals surface area contributed by atoms with Crippen LogP contribution < -0.4 is 5.32 Å². The molecule has 1 heterocycles. The fraction of sp³-hybridized carbons (Fsp3) is 0.579. The molecule has 1 aliphatic heterocycles. The third-order valence-electron chi connectivity index (χ3n) is 5.00. The Balaban J connectivity index is 2.05. The van der Waals surface area contributed by atoms with Gasteiger partial charge in [-0.05, 0) is 44.9 Å². The molecule has 11 heteroatoms. The van der Waals surface area contributed by atoms with Gasteiger partial charge in [0, 0.05) is 32.1 Å². The first-order chi connectivity index (χ1) is 14.0. The molecule has 0 bridgehead atoms. The number of hydrogen-bond acceptors (Lipinski definition) is 4. The van der Waals surface area contributed by atoms with Gasteiger partial charge in [-0.15, -0.1) is 0 Å². The zero-order valence-corrected chi connectivity index (χ0v) is 17.7. The molecule has 168 valence electrons. The van der Waals surface area contributed by atoms with Crippen molar-refractivity contribution in [3.05, 3.63) is 29.8 Å². The molecule has 1 fully saturated rings. The van der Waals surface area contributed by atoms with E-state index in [9.17, 15) is 31.2 Å². The number of carbonyl (C=O) groups excluding carboxylic acids is 2. The Morgan fingerprint density at radius 2 is 1.83 bits per heavy atom. The highest BCUT2D eigenvalue weighted by Crippen LogP contribution is 2.32. The predicted molar refractivity (Wildman–Crippen MR) is 104 cm³/mol. The Morgan fingerprint density at radius 3 is 2.37 bits per heavy atom. The van der Waals surface area contributed by atoms with Crippen LogP contribution in [0.4, 0.5) is 13.2 Å². The van der Waals surface area contributed by atoms with Gasteiger partial charge in [0.1, 0.15) is 0 Å². The van der Waals surface area contributed by atoms with Gasteiger partial charge in [-0.2, -0.15) is 17.5 Å².